The van der Waals surface area contributed by atoms with E-state index in [2.05, 4.69) is 0 Å². The predicted octanol–water partition coefficient (Wildman–Crippen LogP) is 3.10. The van der Waals surface area contributed by atoms with Gasteiger partial charge in [-0.2, -0.15) is 0 Å². The Labute approximate surface area is 312 Å². The number of esters is 1. The minimum Gasteiger partial charge on any atom is -0.459 e. The number of hydrogen-bond acceptors (Lipinski definition) is 13. The summed E-state index contributed by atoms with van der Waals surface area (Å²) in [6.07, 6.45) is -6.23. The van der Waals surface area contributed by atoms with E-state index in [1.54, 1.807) is 34.8 Å². The monoisotopic (exact) mass is 745 g/mol. The van der Waals surface area contributed by atoms with E-state index in [0.717, 1.165) is 0 Å². The first-order valence-electron chi connectivity index (χ1n) is 19.2. The van der Waals surface area contributed by atoms with Crippen LogP contribution in [0.2, 0.25) is 0 Å². The number of methoxy groups -OCH3 is 2. The minimum atomic E-state index is -1.94. The van der Waals surface area contributed by atoms with Gasteiger partial charge in [-0.3, -0.25) is 9.59 Å². The highest BCUT2D eigenvalue weighted by molar-refractivity contribution is 5.83. The van der Waals surface area contributed by atoms with Crippen molar-refractivity contribution in [2.75, 3.05) is 28.3 Å². The van der Waals surface area contributed by atoms with Crippen LogP contribution in [-0.2, 0) is 38.0 Å². The molecule has 1 saturated carbocycles. The lowest BCUT2D eigenvalue weighted by Crippen LogP contribution is -2.61. The van der Waals surface area contributed by atoms with Crippen molar-refractivity contribution in [3.63, 3.8) is 0 Å². The van der Waals surface area contributed by atoms with E-state index in [1.165, 1.54) is 14.0 Å². The van der Waals surface area contributed by atoms with Crippen LogP contribution in [0.5, 0.6) is 0 Å². The average molecular weight is 746 g/mol. The van der Waals surface area contributed by atoms with E-state index < -0.39 is 95.5 Å². The number of ether oxygens (including phenoxy) is 6. The second kappa shape index (κ2) is 17.7. The van der Waals surface area contributed by atoms with Crippen molar-refractivity contribution in [2.24, 2.45) is 29.6 Å². The lowest BCUT2D eigenvalue weighted by atomic mass is 9.73. The van der Waals surface area contributed by atoms with Crippen molar-refractivity contribution in [1.29, 1.82) is 0 Å². The van der Waals surface area contributed by atoms with Crippen molar-refractivity contribution < 1.29 is 58.4 Å². The molecule has 0 spiro atoms. The van der Waals surface area contributed by atoms with Gasteiger partial charge in [0.2, 0.25) is 0 Å². The molecule has 1 unspecified atom stereocenters. The van der Waals surface area contributed by atoms with Crippen LogP contribution in [-0.4, -0.2) is 143 Å². The summed E-state index contributed by atoms with van der Waals surface area (Å²) in [4.78, 5) is 30.1. The van der Waals surface area contributed by atoms with Gasteiger partial charge in [-0.15, -0.1) is 0 Å². The van der Waals surface area contributed by atoms with Gasteiger partial charge in [-0.1, -0.05) is 34.6 Å². The summed E-state index contributed by atoms with van der Waals surface area (Å²) in [5.74, 6) is -4.37. The Morgan fingerprint density at radius 3 is 1.98 bits per heavy atom. The summed E-state index contributed by atoms with van der Waals surface area (Å²) in [6, 6.07) is -0.263. The number of aliphatic hydroxyl groups excluding tert-OH is 3. The third-order valence-corrected chi connectivity index (χ3v) is 12.7. The number of rotatable bonds is 8. The van der Waals surface area contributed by atoms with Crippen molar-refractivity contribution in [3.05, 3.63) is 0 Å². The predicted molar refractivity (Wildman–Crippen MR) is 194 cm³/mol. The van der Waals surface area contributed by atoms with Gasteiger partial charge >= 0.3 is 5.97 Å². The molecule has 2 heterocycles. The largest absolute Gasteiger partial charge is 0.459 e. The van der Waals surface area contributed by atoms with Crippen LogP contribution >= 0.6 is 0 Å². The molecule has 2 saturated heterocycles. The number of ketones is 1. The van der Waals surface area contributed by atoms with Crippen LogP contribution in [0.25, 0.3) is 0 Å². The van der Waals surface area contributed by atoms with Crippen LogP contribution < -0.4 is 0 Å². The summed E-state index contributed by atoms with van der Waals surface area (Å²) in [5, 5.41) is 45.7. The van der Waals surface area contributed by atoms with E-state index >= 15 is 0 Å². The lowest BCUT2D eigenvalue weighted by molar-refractivity contribution is -0.304. The third kappa shape index (κ3) is 9.39. The molecule has 0 bridgehead atoms. The number of carbonyl (C=O) groups excluding carboxylic acids is 2. The number of cyclic esters (lactones) is 1. The summed E-state index contributed by atoms with van der Waals surface area (Å²) < 4.78 is 38.2. The molecule has 0 amide bonds. The molecular weight excluding hydrogens is 674 g/mol. The van der Waals surface area contributed by atoms with E-state index in [0.29, 0.717) is 19.3 Å². The molecule has 52 heavy (non-hydrogen) atoms. The molecule has 0 radical (unpaired) electrons. The van der Waals surface area contributed by atoms with Gasteiger partial charge in [0.1, 0.15) is 23.6 Å². The minimum absolute atomic E-state index is 0.142. The quantitative estimate of drug-likeness (QED) is 0.267. The number of Topliss-reactive ketones (excluding diaryl/α,β-unsaturated/α-hetero) is 1. The van der Waals surface area contributed by atoms with Crippen molar-refractivity contribution in [1.82, 2.24) is 4.90 Å². The zero-order valence-corrected chi connectivity index (χ0v) is 34.2. The first kappa shape index (κ1) is 45.1. The SMILES string of the molecule is CC[C@H]1OC(=O)[C@H](C)[C@@H](O[C@@H]2C[C@@H](C)[C@H](O)[C@](C)(OC)C2)[C@H](C)[C@@H](OC2O[C@H](C)C[C@H](N(C)C)[C@H]2O)[C@@](C)(OC)C[C@@H](C)C(=O)[C@H](C)[C@@H](O)[C@]1(C)O. The van der Waals surface area contributed by atoms with Gasteiger partial charge in [0.05, 0.1) is 53.7 Å². The molecule has 1 aliphatic carbocycles. The van der Waals surface area contributed by atoms with E-state index in [9.17, 15) is 30.0 Å². The summed E-state index contributed by atoms with van der Waals surface area (Å²) in [5.41, 5.74) is -4.05. The fourth-order valence-electron chi connectivity index (χ4n) is 9.15. The summed E-state index contributed by atoms with van der Waals surface area (Å²) in [7, 11) is 6.87. The van der Waals surface area contributed by atoms with Crippen molar-refractivity contribution >= 4 is 11.8 Å². The molecule has 18 atom stereocenters. The lowest BCUT2D eigenvalue weighted by Gasteiger charge is -2.50. The zero-order chi connectivity index (χ0) is 39.7. The topological polar surface area (TPSA) is 174 Å². The van der Waals surface area contributed by atoms with Crippen molar-refractivity contribution in [2.45, 2.75) is 179 Å². The second-order valence-corrected chi connectivity index (χ2v) is 17.2. The summed E-state index contributed by atoms with van der Waals surface area (Å²) >= 11 is 0. The van der Waals surface area contributed by atoms with E-state index in [1.807, 2.05) is 53.6 Å². The number of aliphatic hydroxyl groups is 4. The van der Waals surface area contributed by atoms with E-state index in [4.69, 9.17) is 28.4 Å². The van der Waals surface area contributed by atoms with Gasteiger partial charge in [0, 0.05) is 44.4 Å². The normalized spacial score (nSPS) is 49.0. The number of nitrogens with zero attached hydrogens (tertiary/aromatic N) is 1. The third-order valence-electron chi connectivity index (χ3n) is 12.7. The fraction of sp³-hybridized carbons (Fsp3) is 0.949. The maximum Gasteiger partial charge on any atom is 0.311 e. The Kier molecular flexibility index (Phi) is 15.3. The first-order valence-corrected chi connectivity index (χ1v) is 19.2. The average Bonchev–Trinajstić information content (AvgIpc) is 3.09. The van der Waals surface area contributed by atoms with Crippen molar-refractivity contribution in [3.8, 4) is 0 Å². The van der Waals surface area contributed by atoms with Gasteiger partial charge in [-0.05, 0) is 80.3 Å². The van der Waals surface area contributed by atoms with Gasteiger partial charge < -0.3 is 53.7 Å². The Balaban J connectivity index is 2.22. The molecule has 13 nitrogen and oxygen atoms in total. The smallest absolute Gasteiger partial charge is 0.311 e. The molecule has 0 aromatic heterocycles. The molecule has 13 heteroatoms. The van der Waals surface area contributed by atoms with Crippen LogP contribution in [0.4, 0.5) is 0 Å². The molecule has 0 aromatic rings. The molecular formula is C39H71NO12. The van der Waals surface area contributed by atoms with Gasteiger partial charge in [0.15, 0.2) is 6.29 Å². The van der Waals surface area contributed by atoms with Gasteiger partial charge in [-0.25, -0.2) is 0 Å². The Bertz CT molecular complexity index is 1190. The molecule has 3 rings (SSSR count). The first-order chi connectivity index (χ1) is 24.0. The molecule has 3 aliphatic rings. The van der Waals surface area contributed by atoms with Crippen LogP contribution in [0.1, 0.15) is 101 Å². The Hall–Kier alpha value is -1.26. The maximum atomic E-state index is 14.2. The standard InChI is InChI=1S/C39H71NO12/c1-15-28-39(10,46)33(44)23(5)29(41)21(3)18-38(9,48-14)34(52-36-30(42)27(40(11)12)17-22(4)49-36)24(6)31(25(7)35(45)51-28)50-26-16-20(2)32(43)37(8,19-26)47-13/h20-28,30-34,36,42-44,46H,15-19H2,1-14H3/t20-,21-,22-,23+,24+,25-,26-,27+,28-,30-,31+,32+,33-,34-,36?,37-,38+,39-/m1/s1. The van der Waals surface area contributed by atoms with Gasteiger partial charge in [0.25, 0.3) is 0 Å². The van der Waals surface area contributed by atoms with Crippen LogP contribution in [0.3, 0.4) is 0 Å². The second-order valence-electron chi connectivity index (χ2n) is 17.2. The summed E-state index contributed by atoms with van der Waals surface area (Å²) in [6.45, 7) is 17.6. The number of likely N-dealkylation sites (N-methyl/N-ethyl adjacent to an activating group) is 1. The maximum absolute atomic E-state index is 14.2. The van der Waals surface area contributed by atoms with Crippen LogP contribution in [0.15, 0.2) is 0 Å². The Morgan fingerprint density at radius 1 is 0.846 bits per heavy atom. The molecule has 0 aromatic carbocycles. The zero-order valence-electron chi connectivity index (χ0n) is 34.2. The van der Waals surface area contributed by atoms with Crippen LogP contribution in [0, 0.1) is 29.6 Å². The van der Waals surface area contributed by atoms with E-state index in [-0.39, 0.29) is 36.7 Å². The molecule has 4 N–H and O–H groups in total. The highest BCUT2D eigenvalue weighted by Crippen LogP contribution is 2.43. The molecule has 3 fully saturated rings. The molecule has 2 aliphatic heterocycles. The highest BCUT2D eigenvalue weighted by atomic mass is 16.7. The number of hydrogen-bond donors (Lipinski definition) is 4. The fourth-order valence-corrected chi connectivity index (χ4v) is 9.15. The Morgan fingerprint density at radius 2 is 1.44 bits per heavy atom. The highest BCUT2D eigenvalue weighted by Gasteiger charge is 2.53. The number of carbonyl (C=O) groups is 2. The molecule has 304 valence electrons.